The topological polar surface area (TPSA) is 32.5 Å². The van der Waals surface area contributed by atoms with Gasteiger partial charge in [0.25, 0.3) is 0 Å². The van der Waals surface area contributed by atoms with Gasteiger partial charge in [0.05, 0.1) is 0 Å². The van der Waals surface area contributed by atoms with Crippen LogP contribution in [0.2, 0.25) is 0 Å². The third kappa shape index (κ3) is 5.84. The van der Waals surface area contributed by atoms with Crippen LogP contribution in [0.3, 0.4) is 0 Å². The first-order chi connectivity index (χ1) is 7.99. The summed E-state index contributed by atoms with van der Waals surface area (Å²) >= 11 is 0. The maximum absolute atomic E-state index is 5.78. The summed E-state index contributed by atoms with van der Waals surface area (Å²) in [4.78, 5) is 4.99. The number of hydrogen-bond acceptors (Lipinski definition) is 3. The molecule has 17 heavy (non-hydrogen) atoms. The Hall–Kier alpha value is -0.120. The fourth-order valence-electron chi connectivity index (χ4n) is 2.72. The predicted molar refractivity (Wildman–Crippen MR) is 75.2 cm³/mol. The van der Waals surface area contributed by atoms with Crippen LogP contribution < -0.4 is 5.73 Å². The summed E-state index contributed by atoms with van der Waals surface area (Å²) in [6, 6.07) is 1.14. The highest BCUT2D eigenvalue weighted by Gasteiger charge is 2.24. The van der Waals surface area contributed by atoms with Crippen molar-refractivity contribution in [2.45, 2.75) is 51.6 Å². The molecular formula is C14H31N3. The van der Waals surface area contributed by atoms with Gasteiger partial charge >= 0.3 is 0 Å². The van der Waals surface area contributed by atoms with Crippen LogP contribution in [0.4, 0.5) is 0 Å². The van der Waals surface area contributed by atoms with Gasteiger partial charge in [0, 0.05) is 25.2 Å². The molecule has 1 saturated heterocycles. The highest BCUT2D eigenvalue weighted by Crippen LogP contribution is 2.17. The van der Waals surface area contributed by atoms with E-state index >= 15 is 0 Å². The van der Waals surface area contributed by atoms with Crippen molar-refractivity contribution in [2.24, 2.45) is 11.7 Å². The zero-order valence-corrected chi connectivity index (χ0v) is 12.2. The summed E-state index contributed by atoms with van der Waals surface area (Å²) in [7, 11) is 4.39. The minimum absolute atomic E-state index is 0.368. The molecule has 3 atom stereocenters. The maximum atomic E-state index is 5.78. The molecule has 0 radical (unpaired) electrons. The molecule has 1 aliphatic heterocycles. The molecule has 0 aliphatic carbocycles. The van der Waals surface area contributed by atoms with Crippen molar-refractivity contribution in [3.8, 4) is 0 Å². The molecule has 0 bridgehead atoms. The SMILES string of the molecule is CC(N)CCCC(C)CN1CCC(N(C)C)C1. The van der Waals surface area contributed by atoms with Crippen LogP contribution in [-0.4, -0.2) is 55.6 Å². The number of nitrogens with two attached hydrogens (primary N) is 1. The van der Waals surface area contributed by atoms with Gasteiger partial charge in [-0.05, 0) is 52.7 Å². The zero-order valence-electron chi connectivity index (χ0n) is 12.2. The average Bonchev–Trinajstić information content (AvgIpc) is 2.65. The van der Waals surface area contributed by atoms with Gasteiger partial charge in [0.1, 0.15) is 0 Å². The van der Waals surface area contributed by atoms with Crippen molar-refractivity contribution >= 4 is 0 Å². The van der Waals surface area contributed by atoms with Crippen LogP contribution in [-0.2, 0) is 0 Å². The first-order valence-electron chi connectivity index (χ1n) is 7.13. The minimum Gasteiger partial charge on any atom is -0.328 e. The summed E-state index contributed by atoms with van der Waals surface area (Å²) < 4.78 is 0. The van der Waals surface area contributed by atoms with E-state index in [0.717, 1.165) is 12.0 Å². The van der Waals surface area contributed by atoms with Crippen molar-refractivity contribution in [3.05, 3.63) is 0 Å². The van der Waals surface area contributed by atoms with Gasteiger partial charge in [-0.3, -0.25) is 0 Å². The van der Waals surface area contributed by atoms with E-state index in [9.17, 15) is 0 Å². The van der Waals surface area contributed by atoms with Gasteiger partial charge < -0.3 is 15.5 Å². The van der Waals surface area contributed by atoms with Gasteiger partial charge in [-0.15, -0.1) is 0 Å². The molecule has 1 heterocycles. The fourth-order valence-corrected chi connectivity index (χ4v) is 2.72. The van der Waals surface area contributed by atoms with E-state index in [4.69, 9.17) is 5.73 Å². The number of likely N-dealkylation sites (N-methyl/N-ethyl adjacent to an activating group) is 1. The first-order valence-corrected chi connectivity index (χ1v) is 7.13. The quantitative estimate of drug-likeness (QED) is 0.737. The summed E-state index contributed by atoms with van der Waals surface area (Å²) in [6.45, 7) is 8.28. The van der Waals surface area contributed by atoms with Gasteiger partial charge in [-0.25, -0.2) is 0 Å². The summed E-state index contributed by atoms with van der Waals surface area (Å²) in [5, 5.41) is 0. The predicted octanol–water partition coefficient (Wildman–Crippen LogP) is 1.78. The van der Waals surface area contributed by atoms with Crippen molar-refractivity contribution in [1.29, 1.82) is 0 Å². The Kier molecular flexibility index (Phi) is 6.45. The number of rotatable bonds is 7. The lowest BCUT2D eigenvalue weighted by Gasteiger charge is -2.23. The molecular weight excluding hydrogens is 210 g/mol. The maximum Gasteiger partial charge on any atom is 0.0229 e. The molecule has 3 unspecified atom stereocenters. The largest absolute Gasteiger partial charge is 0.328 e. The first kappa shape index (κ1) is 14.9. The van der Waals surface area contributed by atoms with E-state index in [0.29, 0.717) is 6.04 Å². The molecule has 1 rings (SSSR count). The van der Waals surface area contributed by atoms with Crippen LogP contribution in [0.25, 0.3) is 0 Å². The molecule has 3 heteroatoms. The van der Waals surface area contributed by atoms with Crippen molar-refractivity contribution < 1.29 is 0 Å². The van der Waals surface area contributed by atoms with E-state index in [2.05, 4.69) is 37.7 Å². The lowest BCUT2D eigenvalue weighted by molar-refractivity contribution is 0.241. The van der Waals surface area contributed by atoms with Crippen LogP contribution in [0, 0.1) is 5.92 Å². The minimum atomic E-state index is 0.368. The molecule has 2 N–H and O–H groups in total. The third-order valence-electron chi connectivity index (χ3n) is 3.90. The lowest BCUT2D eigenvalue weighted by atomic mass is 10.0. The summed E-state index contributed by atoms with van der Waals surface area (Å²) in [5.74, 6) is 0.815. The van der Waals surface area contributed by atoms with Crippen molar-refractivity contribution in [3.63, 3.8) is 0 Å². The normalized spacial score (nSPS) is 25.4. The smallest absolute Gasteiger partial charge is 0.0229 e. The second kappa shape index (κ2) is 7.34. The standard InChI is InChI=1S/C14H31N3/c1-12(6-5-7-13(2)15)10-17-9-8-14(11-17)16(3)4/h12-14H,5-11,15H2,1-4H3. The Balaban J connectivity index is 2.13. The Bertz CT molecular complexity index is 204. The van der Waals surface area contributed by atoms with Crippen LogP contribution in [0.1, 0.15) is 39.5 Å². The van der Waals surface area contributed by atoms with E-state index in [1.807, 2.05) is 0 Å². The number of hydrogen-bond donors (Lipinski definition) is 1. The lowest BCUT2D eigenvalue weighted by Crippen LogP contribution is -2.33. The number of nitrogens with zero attached hydrogens (tertiary/aromatic N) is 2. The van der Waals surface area contributed by atoms with Crippen LogP contribution >= 0.6 is 0 Å². The van der Waals surface area contributed by atoms with Gasteiger partial charge in [0.15, 0.2) is 0 Å². The van der Waals surface area contributed by atoms with E-state index < -0.39 is 0 Å². The van der Waals surface area contributed by atoms with Gasteiger partial charge in [-0.2, -0.15) is 0 Å². The van der Waals surface area contributed by atoms with E-state index in [1.165, 1.54) is 45.3 Å². The molecule has 1 aliphatic rings. The third-order valence-corrected chi connectivity index (χ3v) is 3.90. The molecule has 1 fully saturated rings. The molecule has 0 aromatic heterocycles. The zero-order chi connectivity index (χ0) is 12.8. The Morgan fingerprint density at radius 2 is 2.00 bits per heavy atom. The molecule has 0 saturated carbocycles. The van der Waals surface area contributed by atoms with Crippen molar-refractivity contribution in [1.82, 2.24) is 9.80 Å². The molecule has 0 spiro atoms. The highest BCUT2D eigenvalue weighted by atomic mass is 15.2. The fraction of sp³-hybridized carbons (Fsp3) is 1.00. The van der Waals surface area contributed by atoms with Gasteiger partial charge in [0.2, 0.25) is 0 Å². The second-order valence-corrected chi connectivity index (χ2v) is 6.18. The van der Waals surface area contributed by atoms with Crippen LogP contribution in [0.5, 0.6) is 0 Å². The Morgan fingerprint density at radius 3 is 2.53 bits per heavy atom. The second-order valence-electron chi connectivity index (χ2n) is 6.18. The molecule has 102 valence electrons. The molecule has 0 aromatic carbocycles. The average molecular weight is 241 g/mol. The van der Waals surface area contributed by atoms with Crippen LogP contribution in [0.15, 0.2) is 0 Å². The Morgan fingerprint density at radius 1 is 1.29 bits per heavy atom. The summed E-state index contributed by atoms with van der Waals surface area (Å²) in [5.41, 5.74) is 5.78. The van der Waals surface area contributed by atoms with E-state index in [-0.39, 0.29) is 0 Å². The number of likely N-dealkylation sites (tertiary alicyclic amines) is 1. The van der Waals surface area contributed by atoms with E-state index in [1.54, 1.807) is 0 Å². The van der Waals surface area contributed by atoms with Gasteiger partial charge in [-0.1, -0.05) is 13.3 Å². The summed E-state index contributed by atoms with van der Waals surface area (Å²) in [6.07, 6.45) is 5.11. The highest BCUT2D eigenvalue weighted by molar-refractivity contribution is 4.81. The monoisotopic (exact) mass is 241 g/mol. The molecule has 0 amide bonds. The Labute approximate surface area is 107 Å². The molecule has 3 nitrogen and oxygen atoms in total. The van der Waals surface area contributed by atoms with Crippen molar-refractivity contribution in [2.75, 3.05) is 33.7 Å². The molecule has 0 aromatic rings.